The molecule has 1 amide bonds. The van der Waals surface area contributed by atoms with Crippen molar-refractivity contribution >= 4 is 17.5 Å². The van der Waals surface area contributed by atoms with Gasteiger partial charge in [0.05, 0.1) is 0 Å². The number of carbonyl (C=O) groups excluding carboxylic acids is 1. The highest BCUT2D eigenvalue weighted by molar-refractivity contribution is 5.84. The lowest BCUT2D eigenvalue weighted by Gasteiger charge is -2.23. The number of rotatable bonds is 6. The molecule has 106 valence electrons. The van der Waals surface area contributed by atoms with Gasteiger partial charge in [0.1, 0.15) is 6.04 Å². The number of nitro groups is 1. The maximum atomic E-state index is 12.1. The van der Waals surface area contributed by atoms with E-state index in [1.54, 1.807) is 18.9 Å². The topological polar surface area (TPSA) is 93.3 Å². The summed E-state index contributed by atoms with van der Waals surface area (Å²) < 4.78 is 1.49. The molecule has 0 bridgehead atoms. The van der Waals surface area contributed by atoms with Gasteiger partial charge in [-0.15, -0.1) is 0 Å². The van der Waals surface area contributed by atoms with E-state index in [0.717, 1.165) is 0 Å². The molecule has 1 N–H and O–H groups in total. The van der Waals surface area contributed by atoms with Crippen LogP contribution >= 0.6 is 0 Å². The Morgan fingerprint density at radius 3 is 2.63 bits per heavy atom. The van der Waals surface area contributed by atoms with E-state index in [4.69, 9.17) is 0 Å². The number of aromatic nitrogens is 2. The van der Waals surface area contributed by atoms with E-state index >= 15 is 0 Å². The monoisotopic (exact) mass is 269 g/mol. The van der Waals surface area contributed by atoms with Crippen molar-refractivity contribution in [2.24, 2.45) is 7.05 Å². The lowest BCUT2D eigenvalue weighted by atomic mass is 10.2. The van der Waals surface area contributed by atoms with Crippen LogP contribution in [0.1, 0.15) is 20.8 Å². The van der Waals surface area contributed by atoms with Crippen molar-refractivity contribution in [1.29, 1.82) is 0 Å². The highest BCUT2D eigenvalue weighted by Crippen LogP contribution is 2.22. The van der Waals surface area contributed by atoms with E-state index in [2.05, 4.69) is 10.3 Å². The van der Waals surface area contributed by atoms with Gasteiger partial charge in [0.25, 0.3) is 0 Å². The summed E-state index contributed by atoms with van der Waals surface area (Å²) in [4.78, 5) is 27.7. The summed E-state index contributed by atoms with van der Waals surface area (Å²) in [6.07, 6.45) is 1.34. The Labute approximate surface area is 111 Å². The molecule has 1 aromatic rings. The lowest BCUT2D eigenvalue weighted by molar-refractivity contribution is -0.388. The van der Waals surface area contributed by atoms with E-state index in [1.807, 2.05) is 13.8 Å². The largest absolute Gasteiger partial charge is 0.406 e. The molecule has 1 unspecified atom stereocenters. The first kappa shape index (κ1) is 14.9. The van der Waals surface area contributed by atoms with E-state index < -0.39 is 11.0 Å². The van der Waals surface area contributed by atoms with E-state index in [9.17, 15) is 14.9 Å². The highest BCUT2D eigenvalue weighted by atomic mass is 16.6. The van der Waals surface area contributed by atoms with Crippen molar-refractivity contribution in [3.63, 3.8) is 0 Å². The SMILES string of the molecule is CCN(CC)C(=O)C(C)Nc1c([N+](=O)[O-])ncn1C. The van der Waals surface area contributed by atoms with Gasteiger partial charge in [0.2, 0.25) is 18.1 Å². The van der Waals surface area contributed by atoms with Crippen molar-refractivity contribution < 1.29 is 9.72 Å². The van der Waals surface area contributed by atoms with Gasteiger partial charge in [0, 0.05) is 20.1 Å². The fourth-order valence-corrected chi connectivity index (χ4v) is 1.79. The normalized spacial score (nSPS) is 12.0. The summed E-state index contributed by atoms with van der Waals surface area (Å²) >= 11 is 0. The van der Waals surface area contributed by atoms with Crippen LogP contribution in [0.25, 0.3) is 0 Å². The maximum Gasteiger partial charge on any atom is 0.406 e. The van der Waals surface area contributed by atoms with Crippen molar-refractivity contribution in [3.05, 3.63) is 16.4 Å². The highest BCUT2D eigenvalue weighted by Gasteiger charge is 2.25. The average Bonchev–Trinajstić information content (AvgIpc) is 2.72. The van der Waals surface area contributed by atoms with Gasteiger partial charge in [-0.1, -0.05) is 0 Å². The molecule has 0 aromatic carbocycles. The molecule has 0 aliphatic carbocycles. The number of hydrogen-bond acceptors (Lipinski definition) is 5. The van der Waals surface area contributed by atoms with Crippen LogP contribution in [0.15, 0.2) is 6.33 Å². The zero-order chi connectivity index (χ0) is 14.6. The van der Waals surface area contributed by atoms with Gasteiger partial charge < -0.3 is 20.3 Å². The Morgan fingerprint density at radius 1 is 1.58 bits per heavy atom. The average molecular weight is 269 g/mol. The predicted octanol–water partition coefficient (Wildman–Crippen LogP) is 0.997. The van der Waals surface area contributed by atoms with Crippen LogP contribution in [0.3, 0.4) is 0 Å². The molecule has 0 aliphatic heterocycles. The Balaban J connectivity index is 2.88. The standard InChI is InChI=1S/C11H19N5O3/c1-5-15(6-2)11(17)8(3)13-10-9(16(18)19)12-7-14(10)4/h7-8,13H,5-6H2,1-4H3. The van der Waals surface area contributed by atoms with E-state index in [1.165, 1.54) is 10.9 Å². The molecule has 8 heteroatoms. The molecule has 0 saturated carbocycles. The van der Waals surface area contributed by atoms with Gasteiger partial charge in [-0.3, -0.25) is 9.36 Å². The molecule has 8 nitrogen and oxygen atoms in total. The van der Waals surface area contributed by atoms with Gasteiger partial charge in [-0.2, -0.15) is 0 Å². The van der Waals surface area contributed by atoms with Gasteiger partial charge in [-0.05, 0) is 30.7 Å². The summed E-state index contributed by atoms with van der Waals surface area (Å²) in [5, 5.41) is 13.7. The third kappa shape index (κ3) is 3.21. The van der Waals surface area contributed by atoms with Crippen LogP contribution in [0, 0.1) is 10.1 Å². The molecule has 0 aliphatic rings. The zero-order valence-corrected chi connectivity index (χ0v) is 11.6. The summed E-state index contributed by atoms with van der Waals surface area (Å²) in [5.41, 5.74) is 0. The van der Waals surface area contributed by atoms with E-state index in [-0.39, 0.29) is 17.5 Å². The number of amides is 1. The quantitative estimate of drug-likeness (QED) is 0.614. The van der Waals surface area contributed by atoms with Crippen LogP contribution in [0.4, 0.5) is 11.6 Å². The first-order valence-corrected chi connectivity index (χ1v) is 6.13. The van der Waals surface area contributed by atoms with Crippen molar-refractivity contribution in [3.8, 4) is 0 Å². The molecule has 0 fully saturated rings. The smallest absolute Gasteiger partial charge is 0.358 e. The molecule has 0 radical (unpaired) electrons. The summed E-state index contributed by atoms with van der Waals surface area (Å²) in [7, 11) is 1.64. The van der Waals surface area contributed by atoms with Crippen molar-refractivity contribution in [1.82, 2.24) is 14.5 Å². The molecule has 1 atom stereocenters. The van der Waals surface area contributed by atoms with Crippen LogP contribution in [-0.2, 0) is 11.8 Å². The number of likely N-dealkylation sites (N-methyl/N-ethyl adjacent to an activating group) is 1. The molecule has 1 heterocycles. The van der Waals surface area contributed by atoms with E-state index in [0.29, 0.717) is 13.1 Å². The second kappa shape index (κ2) is 6.17. The third-order valence-corrected chi connectivity index (χ3v) is 2.89. The van der Waals surface area contributed by atoms with Crippen molar-refractivity contribution in [2.45, 2.75) is 26.8 Å². The molecule has 1 aromatic heterocycles. The Hall–Kier alpha value is -2.12. The summed E-state index contributed by atoms with van der Waals surface area (Å²) in [5.74, 6) is -0.139. The van der Waals surface area contributed by atoms with Crippen LogP contribution in [0.2, 0.25) is 0 Å². The number of imidazole rings is 1. The molecular formula is C11H19N5O3. The molecule has 0 spiro atoms. The Kier molecular flexibility index (Phi) is 4.85. The number of nitrogens with zero attached hydrogens (tertiary/aromatic N) is 4. The minimum absolute atomic E-state index is 0.0968. The summed E-state index contributed by atoms with van der Waals surface area (Å²) in [6, 6.07) is -0.547. The van der Waals surface area contributed by atoms with Crippen LogP contribution in [-0.4, -0.2) is 44.4 Å². The second-order valence-electron chi connectivity index (χ2n) is 4.16. The molecule has 0 saturated heterocycles. The zero-order valence-electron chi connectivity index (χ0n) is 11.6. The second-order valence-corrected chi connectivity index (χ2v) is 4.16. The van der Waals surface area contributed by atoms with Crippen molar-refractivity contribution in [2.75, 3.05) is 18.4 Å². The molecule has 1 rings (SSSR count). The number of carbonyl (C=O) groups is 1. The fraction of sp³-hybridized carbons (Fsp3) is 0.636. The van der Waals surface area contributed by atoms with Gasteiger partial charge >= 0.3 is 5.82 Å². The van der Waals surface area contributed by atoms with Gasteiger partial charge in [-0.25, -0.2) is 0 Å². The van der Waals surface area contributed by atoms with Gasteiger partial charge in [0.15, 0.2) is 0 Å². The minimum Gasteiger partial charge on any atom is -0.358 e. The Morgan fingerprint density at radius 2 is 2.16 bits per heavy atom. The number of aryl methyl sites for hydroxylation is 1. The lowest BCUT2D eigenvalue weighted by Crippen LogP contribution is -2.41. The fourth-order valence-electron chi connectivity index (χ4n) is 1.79. The Bertz CT molecular complexity index is 467. The number of hydrogen-bond donors (Lipinski definition) is 1. The summed E-state index contributed by atoms with van der Waals surface area (Å²) in [6.45, 7) is 6.67. The molecule has 19 heavy (non-hydrogen) atoms. The minimum atomic E-state index is -0.572. The number of anilines is 1. The number of nitrogens with one attached hydrogen (secondary N) is 1. The van der Waals surface area contributed by atoms with Crippen LogP contribution < -0.4 is 5.32 Å². The predicted molar refractivity (Wildman–Crippen MR) is 70.9 cm³/mol. The third-order valence-electron chi connectivity index (χ3n) is 2.89. The first-order chi connectivity index (χ1) is 8.92. The molecular weight excluding hydrogens is 250 g/mol. The van der Waals surface area contributed by atoms with Crippen LogP contribution in [0.5, 0.6) is 0 Å². The first-order valence-electron chi connectivity index (χ1n) is 6.13. The maximum absolute atomic E-state index is 12.1.